The summed E-state index contributed by atoms with van der Waals surface area (Å²) in [4.78, 5) is 12.2. The number of ether oxygens (including phenoxy) is 1. The van der Waals surface area contributed by atoms with Crippen molar-refractivity contribution in [3.05, 3.63) is 54.1 Å². The molecule has 24 heavy (non-hydrogen) atoms. The second-order valence-corrected chi connectivity index (χ2v) is 5.60. The lowest BCUT2D eigenvalue weighted by Crippen LogP contribution is -2.17. The van der Waals surface area contributed by atoms with Crippen molar-refractivity contribution in [3.8, 4) is 11.5 Å². The smallest absolute Gasteiger partial charge is 0.508 e. The molecule has 0 bridgehead atoms. The molecule has 2 N–H and O–H groups in total. The fraction of sp³-hybridized carbons (Fsp3) is 0.235. The van der Waals surface area contributed by atoms with Crippen LogP contribution in [-0.4, -0.2) is 17.4 Å². The number of halogens is 3. The zero-order chi connectivity index (χ0) is 17.3. The Labute approximate surface area is 135 Å². The Balaban J connectivity index is 1.57. The highest BCUT2D eigenvalue weighted by Crippen LogP contribution is 2.48. The summed E-state index contributed by atoms with van der Waals surface area (Å²) in [5.74, 6) is -0.438. The average molecular weight is 337 g/mol. The number of rotatable bonds is 4. The largest absolute Gasteiger partial charge is 0.573 e. The summed E-state index contributed by atoms with van der Waals surface area (Å²) in [5.41, 5.74) is 1.38. The second kappa shape index (κ2) is 6.07. The number of hydrogen-bond acceptors (Lipinski definition) is 3. The third kappa shape index (κ3) is 3.98. The molecule has 1 aliphatic carbocycles. The van der Waals surface area contributed by atoms with Gasteiger partial charge in [-0.25, -0.2) is 0 Å². The van der Waals surface area contributed by atoms with E-state index in [1.54, 1.807) is 24.3 Å². The number of phenolic OH excluding ortho intramolecular Hbond substituents is 1. The van der Waals surface area contributed by atoms with Gasteiger partial charge in [0.2, 0.25) is 5.91 Å². The summed E-state index contributed by atoms with van der Waals surface area (Å²) >= 11 is 0. The van der Waals surface area contributed by atoms with E-state index < -0.39 is 6.36 Å². The number of nitrogens with one attached hydrogen (secondary N) is 1. The second-order valence-electron chi connectivity index (χ2n) is 5.60. The average Bonchev–Trinajstić information content (AvgIpc) is 3.29. The van der Waals surface area contributed by atoms with Crippen molar-refractivity contribution in [1.29, 1.82) is 0 Å². The molecule has 7 heteroatoms. The van der Waals surface area contributed by atoms with E-state index in [9.17, 15) is 23.1 Å². The zero-order valence-corrected chi connectivity index (χ0v) is 12.4. The van der Waals surface area contributed by atoms with Crippen LogP contribution in [0.4, 0.5) is 18.9 Å². The predicted octanol–water partition coefficient (Wildman–Crippen LogP) is 4.03. The van der Waals surface area contributed by atoms with Crippen LogP contribution in [0.2, 0.25) is 0 Å². The van der Waals surface area contributed by atoms with Gasteiger partial charge in [0.25, 0.3) is 0 Å². The lowest BCUT2D eigenvalue weighted by molar-refractivity contribution is -0.274. The van der Waals surface area contributed by atoms with Crippen LogP contribution < -0.4 is 10.1 Å². The van der Waals surface area contributed by atoms with E-state index in [1.807, 2.05) is 0 Å². The molecule has 0 radical (unpaired) electrons. The standard InChI is InChI=1S/C17H14F3NO3/c18-17(19,20)24-13-7-3-11(4-8-13)21-16(23)15-9-14(15)10-1-5-12(22)6-2-10/h1-8,14-15,22H,9H2,(H,21,23). The molecule has 0 aliphatic heterocycles. The lowest BCUT2D eigenvalue weighted by Gasteiger charge is -2.10. The van der Waals surface area contributed by atoms with Crippen LogP contribution in [0.15, 0.2) is 48.5 Å². The maximum atomic E-state index is 12.2. The van der Waals surface area contributed by atoms with Gasteiger partial charge in [-0.2, -0.15) is 0 Å². The van der Waals surface area contributed by atoms with Gasteiger partial charge >= 0.3 is 6.36 Å². The van der Waals surface area contributed by atoms with Crippen molar-refractivity contribution in [2.75, 3.05) is 5.32 Å². The molecule has 3 rings (SSSR count). The van der Waals surface area contributed by atoms with Crippen molar-refractivity contribution in [2.24, 2.45) is 5.92 Å². The molecule has 0 spiro atoms. The third-order valence-electron chi connectivity index (χ3n) is 3.80. The molecule has 0 aromatic heterocycles. The monoisotopic (exact) mass is 337 g/mol. The molecule has 1 saturated carbocycles. The fourth-order valence-corrected chi connectivity index (χ4v) is 2.55. The molecule has 1 fully saturated rings. The van der Waals surface area contributed by atoms with E-state index in [2.05, 4.69) is 10.1 Å². The Kier molecular flexibility index (Phi) is 4.09. The van der Waals surface area contributed by atoms with Crippen LogP contribution in [0.1, 0.15) is 17.9 Å². The van der Waals surface area contributed by atoms with Crippen molar-refractivity contribution >= 4 is 11.6 Å². The van der Waals surface area contributed by atoms with Gasteiger partial charge in [0.1, 0.15) is 11.5 Å². The van der Waals surface area contributed by atoms with Crippen LogP contribution in [0.25, 0.3) is 0 Å². The van der Waals surface area contributed by atoms with Crippen LogP contribution >= 0.6 is 0 Å². The van der Waals surface area contributed by atoms with Gasteiger partial charge in [-0.1, -0.05) is 12.1 Å². The molecule has 2 unspecified atom stereocenters. The normalized spacial score (nSPS) is 19.6. The Bertz CT molecular complexity index is 726. The summed E-state index contributed by atoms with van der Waals surface area (Å²) in [6.07, 6.45) is -4.04. The van der Waals surface area contributed by atoms with E-state index in [0.717, 1.165) is 17.7 Å². The SMILES string of the molecule is O=C(Nc1ccc(OC(F)(F)F)cc1)C1CC1c1ccc(O)cc1. The maximum absolute atomic E-state index is 12.2. The maximum Gasteiger partial charge on any atom is 0.573 e. The van der Waals surface area contributed by atoms with Crippen LogP contribution in [0, 0.1) is 5.92 Å². The van der Waals surface area contributed by atoms with Crippen molar-refractivity contribution in [1.82, 2.24) is 0 Å². The van der Waals surface area contributed by atoms with Crippen molar-refractivity contribution < 1.29 is 27.8 Å². The van der Waals surface area contributed by atoms with Gasteiger partial charge in [0, 0.05) is 11.6 Å². The summed E-state index contributed by atoms with van der Waals surface area (Å²) in [7, 11) is 0. The quantitative estimate of drug-likeness (QED) is 0.885. The molecular formula is C17H14F3NO3. The van der Waals surface area contributed by atoms with Crippen LogP contribution in [0.3, 0.4) is 0 Å². The van der Waals surface area contributed by atoms with Gasteiger partial charge in [0.05, 0.1) is 0 Å². The third-order valence-corrected chi connectivity index (χ3v) is 3.80. The van der Waals surface area contributed by atoms with E-state index in [1.165, 1.54) is 12.1 Å². The molecule has 126 valence electrons. The summed E-state index contributed by atoms with van der Waals surface area (Å²) in [6, 6.07) is 11.7. The molecule has 4 nitrogen and oxygen atoms in total. The first-order chi connectivity index (χ1) is 11.3. The van der Waals surface area contributed by atoms with Gasteiger partial charge in [0.15, 0.2) is 0 Å². The summed E-state index contributed by atoms with van der Waals surface area (Å²) < 4.78 is 40.0. The fourth-order valence-electron chi connectivity index (χ4n) is 2.55. The molecule has 1 amide bonds. The van der Waals surface area contributed by atoms with Gasteiger partial charge in [-0.3, -0.25) is 4.79 Å². The molecule has 0 heterocycles. The number of aromatic hydroxyl groups is 1. The van der Waals surface area contributed by atoms with Crippen molar-refractivity contribution in [3.63, 3.8) is 0 Å². The zero-order valence-electron chi connectivity index (χ0n) is 12.4. The number of carbonyl (C=O) groups excluding carboxylic acids is 1. The molecule has 2 atom stereocenters. The first-order valence-corrected chi connectivity index (χ1v) is 7.27. The summed E-state index contributed by atoms with van der Waals surface area (Å²) in [5, 5.41) is 11.9. The number of benzene rings is 2. The van der Waals surface area contributed by atoms with Gasteiger partial charge in [-0.15, -0.1) is 13.2 Å². The Morgan fingerprint density at radius 3 is 2.29 bits per heavy atom. The van der Waals surface area contributed by atoms with Crippen molar-refractivity contribution in [2.45, 2.75) is 18.7 Å². The number of anilines is 1. The van der Waals surface area contributed by atoms with Gasteiger partial charge in [-0.05, 0) is 54.3 Å². The summed E-state index contributed by atoms with van der Waals surface area (Å²) in [6.45, 7) is 0. The Morgan fingerprint density at radius 1 is 1.08 bits per heavy atom. The number of hydrogen-bond donors (Lipinski definition) is 2. The topological polar surface area (TPSA) is 58.6 Å². The number of alkyl halides is 3. The predicted molar refractivity (Wildman–Crippen MR) is 80.7 cm³/mol. The first-order valence-electron chi connectivity index (χ1n) is 7.27. The highest BCUT2D eigenvalue weighted by molar-refractivity contribution is 5.95. The minimum absolute atomic E-state index is 0.0958. The minimum atomic E-state index is -4.74. The van der Waals surface area contributed by atoms with Crippen LogP contribution in [-0.2, 0) is 4.79 Å². The number of phenols is 1. The minimum Gasteiger partial charge on any atom is -0.508 e. The number of amides is 1. The number of carbonyl (C=O) groups is 1. The van der Waals surface area contributed by atoms with E-state index in [4.69, 9.17) is 0 Å². The highest BCUT2D eigenvalue weighted by atomic mass is 19.4. The van der Waals surface area contributed by atoms with Crippen LogP contribution in [0.5, 0.6) is 11.5 Å². The molecule has 2 aromatic carbocycles. The van der Waals surface area contributed by atoms with Gasteiger partial charge < -0.3 is 15.2 Å². The molecule has 1 aliphatic rings. The molecular weight excluding hydrogens is 323 g/mol. The lowest BCUT2D eigenvalue weighted by atomic mass is 10.1. The Hall–Kier alpha value is -2.70. The highest BCUT2D eigenvalue weighted by Gasteiger charge is 2.43. The first kappa shape index (κ1) is 16.2. The van der Waals surface area contributed by atoms with E-state index >= 15 is 0 Å². The van der Waals surface area contributed by atoms with E-state index in [0.29, 0.717) is 12.1 Å². The van der Waals surface area contributed by atoms with E-state index in [-0.39, 0.29) is 29.2 Å². The molecule has 2 aromatic rings. The molecule has 0 saturated heterocycles. The Morgan fingerprint density at radius 2 is 1.71 bits per heavy atom.